The molecule has 0 N–H and O–H groups in total. The van der Waals surface area contributed by atoms with Crippen molar-refractivity contribution in [1.82, 2.24) is 9.88 Å². The van der Waals surface area contributed by atoms with Gasteiger partial charge in [0.25, 0.3) is 0 Å². The maximum Gasteiger partial charge on any atom is 0.160 e. The molecule has 0 aromatic carbocycles. The fourth-order valence-corrected chi connectivity index (χ4v) is 3.56. The van der Waals surface area contributed by atoms with Crippen molar-refractivity contribution in [3.05, 3.63) is 47.6 Å². The van der Waals surface area contributed by atoms with Gasteiger partial charge in [-0.05, 0) is 51.7 Å². The summed E-state index contributed by atoms with van der Waals surface area (Å²) in [4.78, 5) is 24.5. The predicted molar refractivity (Wildman–Crippen MR) is 143 cm³/mol. The van der Waals surface area contributed by atoms with Gasteiger partial charge in [0, 0.05) is 51.2 Å². The summed E-state index contributed by atoms with van der Waals surface area (Å²) < 4.78 is 0. The quantitative estimate of drug-likeness (QED) is 0.104. The Morgan fingerprint density at radius 1 is 1.28 bits per heavy atom. The molecule has 2 rings (SSSR count). The number of aliphatic imine (C=N–C) groups is 1. The van der Waals surface area contributed by atoms with E-state index in [1.54, 1.807) is 20.2 Å². The fourth-order valence-electron chi connectivity index (χ4n) is 2.72. The van der Waals surface area contributed by atoms with Crippen LogP contribution < -0.4 is 4.90 Å². The van der Waals surface area contributed by atoms with Crippen molar-refractivity contribution in [2.24, 2.45) is 4.99 Å². The lowest BCUT2D eigenvalue weighted by Crippen LogP contribution is -2.12. The number of pyridine rings is 1. The molecule has 0 spiro atoms. The van der Waals surface area contributed by atoms with Gasteiger partial charge in [-0.3, -0.25) is 9.79 Å². The Morgan fingerprint density at radius 2 is 1.94 bits per heavy atom. The number of nitrogens with zero attached hydrogens (tertiary/aromatic N) is 4. The fraction of sp³-hybridized carbons (Fsp3) is 0.423. The first kappa shape index (κ1) is 29.1. The maximum atomic E-state index is 10.6. The third-order valence-electron chi connectivity index (χ3n) is 4.43. The first-order valence-corrected chi connectivity index (χ1v) is 11.5. The first-order chi connectivity index (χ1) is 15.4. The van der Waals surface area contributed by atoms with Crippen molar-refractivity contribution in [3.63, 3.8) is 0 Å². The number of hydrogen-bond acceptors (Lipinski definition) is 5. The van der Waals surface area contributed by atoms with E-state index < -0.39 is 0 Å². The van der Waals surface area contributed by atoms with Gasteiger partial charge >= 0.3 is 0 Å². The van der Waals surface area contributed by atoms with Crippen LogP contribution in [0.2, 0.25) is 0 Å². The summed E-state index contributed by atoms with van der Waals surface area (Å²) in [5.41, 5.74) is 2.36. The van der Waals surface area contributed by atoms with Crippen LogP contribution in [0.4, 0.5) is 5.69 Å². The molecule has 0 bridgehead atoms. The van der Waals surface area contributed by atoms with Crippen LogP contribution in [0.1, 0.15) is 55.6 Å². The van der Waals surface area contributed by atoms with E-state index in [1.807, 2.05) is 55.5 Å². The molecular formula is C26H38N4OS. The van der Waals surface area contributed by atoms with Gasteiger partial charge < -0.3 is 9.80 Å². The van der Waals surface area contributed by atoms with Gasteiger partial charge in [-0.15, -0.1) is 30.3 Å². The molecule has 0 aliphatic heterocycles. The Labute approximate surface area is 198 Å². The molecule has 0 saturated heterocycles. The number of hydrogen-bond donors (Lipinski definition) is 0. The van der Waals surface area contributed by atoms with E-state index in [4.69, 9.17) is 0 Å². The van der Waals surface area contributed by atoms with Crippen molar-refractivity contribution in [3.8, 4) is 12.3 Å². The Kier molecular flexibility index (Phi) is 16.1. The maximum absolute atomic E-state index is 10.6. The average Bonchev–Trinajstić information content (AvgIpc) is 3.20. The van der Waals surface area contributed by atoms with Gasteiger partial charge in [-0.1, -0.05) is 18.6 Å². The molecule has 174 valence electrons. The third kappa shape index (κ3) is 11.5. The molecule has 0 aliphatic carbocycles. The van der Waals surface area contributed by atoms with Crippen molar-refractivity contribution in [2.75, 3.05) is 33.1 Å². The molecule has 0 atom stereocenters. The Hall–Kier alpha value is -2.91. The van der Waals surface area contributed by atoms with E-state index >= 15 is 0 Å². The number of aromatic nitrogens is 1. The second-order valence-electron chi connectivity index (χ2n) is 7.26. The summed E-state index contributed by atoms with van der Waals surface area (Å²) in [5, 5.41) is 1.05. The molecule has 6 heteroatoms. The van der Waals surface area contributed by atoms with Crippen LogP contribution in [-0.4, -0.2) is 50.7 Å². The van der Waals surface area contributed by atoms with E-state index in [1.165, 1.54) is 36.3 Å². The van der Waals surface area contributed by atoms with Crippen LogP contribution in [0, 0.1) is 12.3 Å². The Balaban J connectivity index is 0.000000535. The molecule has 0 unspecified atom stereocenters. The summed E-state index contributed by atoms with van der Waals surface area (Å²) >= 11 is 1.42. The lowest BCUT2D eigenvalue weighted by Gasteiger charge is -2.13. The first-order valence-electron chi connectivity index (χ1n) is 10.7. The molecule has 0 amide bonds. The van der Waals surface area contributed by atoms with Gasteiger partial charge in [0.2, 0.25) is 0 Å². The zero-order valence-electron chi connectivity index (χ0n) is 20.5. The summed E-state index contributed by atoms with van der Waals surface area (Å²) in [7, 11) is 7.77. The predicted octanol–water partition coefficient (Wildman–Crippen LogP) is 6.43. The number of terminal acetylenes is 1. The molecule has 2 aromatic heterocycles. The summed E-state index contributed by atoms with van der Waals surface area (Å²) in [5.74, 6) is 2.25. The molecule has 0 aliphatic rings. The van der Waals surface area contributed by atoms with Gasteiger partial charge in [-0.25, -0.2) is 4.98 Å². The minimum absolute atomic E-state index is 0.724. The number of allylic oxidation sites excluding steroid dienone is 3. The number of unbranched alkanes of at least 4 members (excludes halogenated alkanes) is 4. The SMILES string of the molecule is C#CC.C=CCCCCC/C=C(\C)N(C)C=NC.CN(C)c1ccnc2sc(C=O)cc12. The standard InChI is InChI=1S/C13H24N2.C10H10N2OS.C3H4/c1-5-6-7-8-9-10-11-13(2)15(4)12-14-3;1-12(2)9-3-4-11-10-8(9)5-7(6-13)14-10;1-3-2/h5,11-12H,1,6-10H2,2-4H3;3-6H,1-2H3;1H,2H3/b13-11+,14-12?;;. The van der Waals surface area contributed by atoms with Crippen LogP contribution >= 0.6 is 11.3 Å². The summed E-state index contributed by atoms with van der Waals surface area (Å²) in [6, 6.07) is 3.83. The van der Waals surface area contributed by atoms with Crippen molar-refractivity contribution < 1.29 is 4.79 Å². The number of rotatable bonds is 10. The largest absolute Gasteiger partial charge is 0.377 e. The van der Waals surface area contributed by atoms with Crippen LogP contribution in [0.3, 0.4) is 0 Å². The second kappa shape index (κ2) is 17.7. The summed E-state index contributed by atoms with van der Waals surface area (Å²) in [6.07, 6.45) is 19.5. The third-order valence-corrected chi connectivity index (χ3v) is 5.40. The highest BCUT2D eigenvalue weighted by molar-refractivity contribution is 7.20. The second-order valence-corrected chi connectivity index (χ2v) is 8.32. The number of fused-ring (bicyclic) bond motifs is 1. The number of anilines is 1. The average molecular weight is 455 g/mol. The topological polar surface area (TPSA) is 48.8 Å². The smallest absolute Gasteiger partial charge is 0.160 e. The van der Waals surface area contributed by atoms with Crippen LogP contribution in [0.15, 0.2) is 47.7 Å². The molecular weight excluding hydrogens is 416 g/mol. The van der Waals surface area contributed by atoms with Crippen LogP contribution in [-0.2, 0) is 0 Å². The highest BCUT2D eigenvalue weighted by Gasteiger charge is 2.07. The summed E-state index contributed by atoms with van der Waals surface area (Å²) in [6.45, 7) is 7.49. The number of carbonyl (C=O) groups excluding carboxylic acids is 1. The van der Waals surface area contributed by atoms with Crippen molar-refractivity contribution >= 4 is 39.9 Å². The van der Waals surface area contributed by atoms with Crippen molar-refractivity contribution in [1.29, 1.82) is 0 Å². The monoisotopic (exact) mass is 454 g/mol. The minimum Gasteiger partial charge on any atom is -0.377 e. The Bertz CT molecular complexity index is 906. The van der Waals surface area contributed by atoms with E-state index in [0.717, 1.165) is 39.9 Å². The highest BCUT2D eigenvalue weighted by atomic mass is 32.1. The van der Waals surface area contributed by atoms with Gasteiger partial charge in [0.05, 0.1) is 11.2 Å². The highest BCUT2D eigenvalue weighted by Crippen LogP contribution is 2.29. The molecule has 2 heterocycles. The molecule has 32 heavy (non-hydrogen) atoms. The number of carbonyl (C=O) groups is 1. The zero-order valence-corrected chi connectivity index (χ0v) is 21.3. The molecule has 0 fully saturated rings. The lowest BCUT2D eigenvalue weighted by molar-refractivity contribution is 0.112. The van der Waals surface area contributed by atoms with E-state index in [9.17, 15) is 4.79 Å². The lowest BCUT2D eigenvalue weighted by atomic mass is 10.1. The zero-order chi connectivity index (χ0) is 24.4. The minimum atomic E-state index is 0.724. The van der Waals surface area contributed by atoms with E-state index in [2.05, 4.69) is 41.9 Å². The van der Waals surface area contributed by atoms with Crippen molar-refractivity contribution in [2.45, 2.75) is 46.0 Å². The molecule has 0 saturated carbocycles. The normalized spacial score (nSPS) is 10.5. The van der Waals surface area contributed by atoms with Crippen LogP contribution in [0.5, 0.6) is 0 Å². The van der Waals surface area contributed by atoms with E-state index in [-0.39, 0.29) is 0 Å². The number of aldehydes is 1. The number of thiophene rings is 1. The molecule has 2 aromatic rings. The molecule has 0 radical (unpaired) electrons. The van der Waals surface area contributed by atoms with Gasteiger partial charge in [-0.2, -0.15) is 0 Å². The van der Waals surface area contributed by atoms with E-state index in [0.29, 0.717) is 0 Å². The Morgan fingerprint density at radius 3 is 2.50 bits per heavy atom. The molecule has 5 nitrogen and oxygen atoms in total. The van der Waals surface area contributed by atoms with Gasteiger partial charge in [0.15, 0.2) is 6.29 Å². The van der Waals surface area contributed by atoms with Crippen LogP contribution in [0.25, 0.3) is 10.2 Å². The van der Waals surface area contributed by atoms with Gasteiger partial charge in [0.1, 0.15) is 4.83 Å².